The van der Waals surface area contributed by atoms with Crippen LogP contribution < -0.4 is 5.32 Å². The van der Waals surface area contributed by atoms with E-state index in [4.69, 9.17) is 23.2 Å². The van der Waals surface area contributed by atoms with Gasteiger partial charge in [0, 0.05) is 28.5 Å². The first-order valence-corrected chi connectivity index (χ1v) is 8.61. The number of halogens is 2. The van der Waals surface area contributed by atoms with Gasteiger partial charge in [0.2, 0.25) is 0 Å². The van der Waals surface area contributed by atoms with Crippen molar-refractivity contribution >= 4 is 45.4 Å². The lowest BCUT2D eigenvalue weighted by molar-refractivity contribution is 0.179. The number of nitrogens with one attached hydrogen (secondary N) is 2. The molecule has 0 aliphatic heterocycles. The van der Waals surface area contributed by atoms with E-state index in [9.17, 15) is 5.11 Å². The molecular weight excluding hydrogens is 339 g/mol. The summed E-state index contributed by atoms with van der Waals surface area (Å²) in [7, 11) is 0. The number of thiophene rings is 1. The Kier molecular flexibility index (Phi) is 5.06. The van der Waals surface area contributed by atoms with Crippen LogP contribution in [-0.4, -0.2) is 23.2 Å². The summed E-state index contributed by atoms with van der Waals surface area (Å²) >= 11 is 13.1. The molecule has 1 aromatic carbocycles. The maximum Gasteiger partial charge on any atom is 0.112 e. The molecule has 0 fully saturated rings. The first kappa shape index (κ1) is 15.8. The molecule has 1 atom stereocenters. The van der Waals surface area contributed by atoms with Gasteiger partial charge in [0.05, 0.1) is 5.02 Å². The van der Waals surface area contributed by atoms with Crippen LogP contribution in [0.25, 0.3) is 10.9 Å². The molecule has 0 saturated heterocycles. The van der Waals surface area contributed by atoms with Crippen LogP contribution in [0, 0.1) is 0 Å². The van der Waals surface area contributed by atoms with Gasteiger partial charge in [-0.25, -0.2) is 0 Å². The van der Waals surface area contributed by atoms with Gasteiger partial charge in [-0.3, -0.25) is 0 Å². The van der Waals surface area contributed by atoms with Crippen LogP contribution in [0.2, 0.25) is 9.36 Å². The fourth-order valence-electron chi connectivity index (χ4n) is 2.43. The number of rotatable bonds is 6. The zero-order valence-electron chi connectivity index (χ0n) is 11.8. The lowest BCUT2D eigenvalue weighted by Gasteiger charge is -2.09. The molecule has 0 spiro atoms. The number of fused-ring (bicyclic) bond motifs is 1. The summed E-state index contributed by atoms with van der Waals surface area (Å²) in [4.78, 5) is 4.05. The molecule has 0 aliphatic carbocycles. The van der Waals surface area contributed by atoms with Crippen molar-refractivity contribution in [3.05, 3.63) is 56.3 Å². The summed E-state index contributed by atoms with van der Waals surface area (Å²) in [5.41, 5.74) is 2.43. The zero-order chi connectivity index (χ0) is 15.5. The van der Waals surface area contributed by atoms with Crippen molar-refractivity contribution in [3.63, 3.8) is 0 Å². The first-order chi connectivity index (χ1) is 10.6. The van der Waals surface area contributed by atoms with Gasteiger partial charge < -0.3 is 15.4 Å². The van der Waals surface area contributed by atoms with Crippen LogP contribution in [0.5, 0.6) is 0 Å². The second kappa shape index (κ2) is 7.02. The highest BCUT2D eigenvalue weighted by Crippen LogP contribution is 2.34. The van der Waals surface area contributed by atoms with Gasteiger partial charge in [0.25, 0.3) is 0 Å². The van der Waals surface area contributed by atoms with Crippen molar-refractivity contribution in [2.75, 3.05) is 13.1 Å². The lowest BCUT2D eigenvalue weighted by atomic mass is 10.1. The van der Waals surface area contributed by atoms with Crippen molar-refractivity contribution in [2.24, 2.45) is 0 Å². The van der Waals surface area contributed by atoms with Crippen LogP contribution in [0.3, 0.4) is 0 Å². The summed E-state index contributed by atoms with van der Waals surface area (Å²) in [6.07, 6.45) is 2.36. The Bertz CT molecular complexity index is 749. The molecule has 0 aliphatic rings. The molecule has 2 aromatic heterocycles. The second-order valence-electron chi connectivity index (χ2n) is 5.10. The zero-order valence-corrected chi connectivity index (χ0v) is 14.1. The summed E-state index contributed by atoms with van der Waals surface area (Å²) in [5, 5.41) is 15.1. The van der Waals surface area contributed by atoms with Gasteiger partial charge in [-0.05, 0) is 30.7 Å². The highest BCUT2D eigenvalue weighted by Gasteiger charge is 2.13. The number of H-pyrrole nitrogens is 1. The largest absolute Gasteiger partial charge is 0.386 e. The van der Waals surface area contributed by atoms with Crippen molar-refractivity contribution in [1.82, 2.24) is 10.3 Å². The number of aliphatic hydroxyl groups is 1. The molecule has 2 heterocycles. The number of benzene rings is 1. The molecule has 0 saturated carbocycles. The van der Waals surface area contributed by atoms with Crippen molar-refractivity contribution in [2.45, 2.75) is 12.5 Å². The van der Waals surface area contributed by atoms with E-state index >= 15 is 0 Å². The van der Waals surface area contributed by atoms with E-state index in [0.717, 1.165) is 23.4 Å². The van der Waals surface area contributed by atoms with Gasteiger partial charge >= 0.3 is 0 Å². The van der Waals surface area contributed by atoms with Crippen LogP contribution in [0.1, 0.15) is 16.5 Å². The van der Waals surface area contributed by atoms with E-state index in [-0.39, 0.29) is 0 Å². The number of hydrogen-bond acceptors (Lipinski definition) is 3. The number of aromatic nitrogens is 1. The third-order valence-electron chi connectivity index (χ3n) is 3.58. The Morgan fingerprint density at radius 1 is 1.27 bits per heavy atom. The minimum atomic E-state index is -0.585. The van der Waals surface area contributed by atoms with Gasteiger partial charge in [0.15, 0.2) is 0 Å². The van der Waals surface area contributed by atoms with Crippen LogP contribution >= 0.6 is 34.5 Å². The van der Waals surface area contributed by atoms with Gasteiger partial charge in [0.1, 0.15) is 10.4 Å². The molecule has 3 rings (SSSR count). The Labute approximate surface area is 142 Å². The number of aromatic amines is 1. The molecule has 0 radical (unpaired) electrons. The van der Waals surface area contributed by atoms with Gasteiger partial charge in [-0.2, -0.15) is 0 Å². The van der Waals surface area contributed by atoms with E-state index in [0.29, 0.717) is 15.9 Å². The number of aliphatic hydroxyl groups excluding tert-OH is 1. The molecule has 0 amide bonds. The van der Waals surface area contributed by atoms with Crippen molar-refractivity contribution in [3.8, 4) is 0 Å². The molecule has 0 bridgehead atoms. The average molecular weight is 355 g/mol. The maximum absolute atomic E-state index is 10.1. The van der Waals surface area contributed by atoms with E-state index in [1.165, 1.54) is 22.3 Å². The van der Waals surface area contributed by atoms with Crippen molar-refractivity contribution < 1.29 is 5.11 Å². The Balaban J connectivity index is 1.51. The minimum Gasteiger partial charge on any atom is -0.386 e. The SMILES string of the molecule is OC(CNCCc1c[nH]c2ccccc12)c1cc(Cl)c(Cl)s1. The fourth-order valence-corrected chi connectivity index (χ4v) is 3.81. The fraction of sp³-hybridized carbons (Fsp3) is 0.250. The second-order valence-corrected chi connectivity index (χ2v) is 7.19. The molecule has 3 nitrogen and oxygen atoms in total. The standard InChI is InChI=1S/C16H16Cl2N2OS/c17-12-7-15(22-16(12)18)14(21)9-19-6-5-10-8-20-13-4-2-1-3-11(10)13/h1-4,7-8,14,19-21H,5-6,9H2. The van der Waals surface area contributed by atoms with Gasteiger partial charge in [-0.1, -0.05) is 41.4 Å². The Hall–Kier alpha value is -1.04. The smallest absolute Gasteiger partial charge is 0.112 e. The molecular formula is C16H16Cl2N2OS. The third kappa shape index (κ3) is 3.47. The lowest BCUT2D eigenvalue weighted by Crippen LogP contribution is -2.23. The quantitative estimate of drug-likeness (QED) is 0.574. The predicted molar refractivity (Wildman–Crippen MR) is 94.2 cm³/mol. The Morgan fingerprint density at radius 3 is 2.86 bits per heavy atom. The number of hydrogen-bond donors (Lipinski definition) is 3. The van der Waals surface area contributed by atoms with Crippen LogP contribution in [-0.2, 0) is 6.42 Å². The minimum absolute atomic E-state index is 0.482. The monoisotopic (exact) mass is 354 g/mol. The van der Waals surface area contributed by atoms with E-state index in [1.807, 2.05) is 18.3 Å². The topological polar surface area (TPSA) is 48.0 Å². The normalized spacial score (nSPS) is 12.9. The highest BCUT2D eigenvalue weighted by molar-refractivity contribution is 7.17. The summed E-state index contributed by atoms with van der Waals surface area (Å²) < 4.78 is 0.523. The summed E-state index contributed by atoms with van der Waals surface area (Å²) in [5.74, 6) is 0. The van der Waals surface area contributed by atoms with Crippen LogP contribution in [0.4, 0.5) is 0 Å². The Morgan fingerprint density at radius 2 is 2.09 bits per heavy atom. The molecule has 6 heteroatoms. The molecule has 3 N–H and O–H groups in total. The first-order valence-electron chi connectivity index (χ1n) is 7.03. The van der Waals surface area contributed by atoms with Crippen molar-refractivity contribution in [1.29, 1.82) is 0 Å². The third-order valence-corrected chi connectivity index (χ3v) is 5.54. The average Bonchev–Trinajstić information content (AvgIpc) is 3.08. The maximum atomic E-state index is 10.1. The molecule has 22 heavy (non-hydrogen) atoms. The van der Waals surface area contributed by atoms with E-state index in [2.05, 4.69) is 22.4 Å². The molecule has 3 aromatic rings. The van der Waals surface area contributed by atoms with Crippen LogP contribution in [0.15, 0.2) is 36.5 Å². The summed E-state index contributed by atoms with van der Waals surface area (Å²) in [6.45, 7) is 1.28. The predicted octanol–water partition coefficient (Wildman–Crippen LogP) is 4.40. The highest BCUT2D eigenvalue weighted by atomic mass is 35.5. The number of para-hydroxylation sites is 1. The van der Waals surface area contributed by atoms with E-state index in [1.54, 1.807) is 6.07 Å². The summed E-state index contributed by atoms with van der Waals surface area (Å²) in [6, 6.07) is 9.97. The molecule has 1 unspecified atom stereocenters. The molecule has 116 valence electrons. The van der Waals surface area contributed by atoms with E-state index < -0.39 is 6.10 Å². The van der Waals surface area contributed by atoms with Gasteiger partial charge in [-0.15, -0.1) is 11.3 Å².